The summed E-state index contributed by atoms with van der Waals surface area (Å²) < 4.78 is 5.55. The highest BCUT2D eigenvalue weighted by Crippen LogP contribution is 2.50. The van der Waals surface area contributed by atoms with Gasteiger partial charge in [0.05, 0.1) is 17.6 Å². The van der Waals surface area contributed by atoms with Crippen molar-refractivity contribution in [2.75, 3.05) is 0 Å². The maximum Gasteiger partial charge on any atom is 0.311 e. The number of ether oxygens (including phenoxy) is 1. The molecule has 1 fully saturated rings. The van der Waals surface area contributed by atoms with Gasteiger partial charge in [0.15, 0.2) is 5.41 Å². The zero-order chi connectivity index (χ0) is 14.3. The van der Waals surface area contributed by atoms with Gasteiger partial charge in [0.25, 0.3) is 0 Å². The molecule has 0 spiro atoms. The fourth-order valence-corrected chi connectivity index (χ4v) is 2.81. The van der Waals surface area contributed by atoms with E-state index in [0.29, 0.717) is 0 Å². The maximum atomic E-state index is 12.1. The molecule has 4 nitrogen and oxygen atoms in total. The van der Waals surface area contributed by atoms with Crippen LogP contribution in [-0.4, -0.2) is 12.1 Å². The molecule has 3 aliphatic rings. The van der Waals surface area contributed by atoms with E-state index < -0.39 is 16.9 Å². The number of allylic oxidation sites excluding steroid dienone is 1. The number of carbonyl (C=O) groups is 1. The van der Waals surface area contributed by atoms with Gasteiger partial charge in [0.2, 0.25) is 0 Å². The second kappa shape index (κ2) is 4.38. The number of fused-ring (bicyclic) bond motifs is 2. The first-order valence-corrected chi connectivity index (χ1v) is 6.57. The molecule has 0 heterocycles. The zero-order valence-corrected chi connectivity index (χ0v) is 11.5. The van der Waals surface area contributed by atoms with E-state index in [1.54, 1.807) is 20.8 Å². The molecule has 1 saturated carbocycles. The van der Waals surface area contributed by atoms with E-state index in [4.69, 9.17) is 4.74 Å². The predicted octanol–water partition coefficient (Wildman–Crippen LogP) is 2.57. The third kappa shape index (κ3) is 2.02. The second-order valence-electron chi connectivity index (χ2n) is 6.40. The first kappa shape index (κ1) is 13.6. The lowest BCUT2D eigenvalue weighted by Gasteiger charge is -2.46. The van der Waals surface area contributed by atoms with E-state index in [9.17, 15) is 15.3 Å². The number of hydrogen-bond donors (Lipinski definition) is 0. The van der Waals surface area contributed by atoms with E-state index in [1.807, 2.05) is 12.2 Å². The normalized spacial score (nSPS) is 31.3. The first-order chi connectivity index (χ1) is 8.85. The molecule has 4 heteroatoms. The Morgan fingerprint density at radius 2 is 1.89 bits per heavy atom. The van der Waals surface area contributed by atoms with Crippen LogP contribution in [0.3, 0.4) is 0 Å². The van der Waals surface area contributed by atoms with Crippen molar-refractivity contribution in [1.82, 2.24) is 0 Å². The van der Waals surface area contributed by atoms with Crippen LogP contribution in [-0.2, 0) is 9.53 Å². The predicted molar refractivity (Wildman–Crippen MR) is 68.3 cm³/mol. The molecule has 0 radical (unpaired) electrons. The molecule has 0 saturated heterocycles. The maximum absolute atomic E-state index is 12.1. The standard InChI is InChI=1S/C15H18N2O2/c1-14(2,3)13(18)19-12-10-4-6-11(7-5-10)15(12,8-16)9-17/h4,6,10-12H,5,7H2,1-3H3. The molecule has 3 unspecified atom stereocenters. The summed E-state index contributed by atoms with van der Waals surface area (Å²) in [5.74, 6) is -0.505. The van der Waals surface area contributed by atoms with E-state index >= 15 is 0 Å². The lowest BCUT2D eigenvalue weighted by molar-refractivity contribution is -0.169. The molecule has 0 amide bonds. The smallest absolute Gasteiger partial charge is 0.311 e. The van der Waals surface area contributed by atoms with Crippen molar-refractivity contribution in [1.29, 1.82) is 10.5 Å². The highest BCUT2D eigenvalue weighted by atomic mass is 16.5. The lowest BCUT2D eigenvalue weighted by atomic mass is 9.58. The molecule has 0 aromatic carbocycles. The Morgan fingerprint density at radius 1 is 1.26 bits per heavy atom. The van der Waals surface area contributed by atoms with E-state index in [0.717, 1.165) is 12.8 Å². The topological polar surface area (TPSA) is 73.9 Å². The van der Waals surface area contributed by atoms with Crippen molar-refractivity contribution in [3.05, 3.63) is 12.2 Å². The number of rotatable bonds is 1. The van der Waals surface area contributed by atoms with Gasteiger partial charge >= 0.3 is 5.97 Å². The molecular formula is C15H18N2O2. The van der Waals surface area contributed by atoms with Crippen LogP contribution in [0.2, 0.25) is 0 Å². The molecule has 0 aromatic rings. The van der Waals surface area contributed by atoms with Crippen molar-refractivity contribution >= 4 is 5.97 Å². The summed E-state index contributed by atoms with van der Waals surface area (Å²) in [5, 5.41) is 18.9. The third-order valence-corrected chi connectivity index (χ3v) is 4.04. The number of carbonyl (C=O) groups excluding carboxylic acids is 1. The van der Waals surface area contributed by atoms with Crippen LogP contribution < -0.4 is 0 Å². The van der Waals surface area contributed by atoms with E-state index in [2.05, 4.69) is 12.1 Å². The summed E-state index contributed by atoms with van der Waals surface area (Å²) in [6.45, 7) is 5.31. The molecule has 0 aliphatic heterocycles. The van der Waals surface area contributed by atoms with E-state index in [1.165, 1.54) is 0 Å². The van der Waals surface area contributed by atoms with Gasteiger partial charge in [0, 0.05) is 11.8 Å². The molecule has 19 heavy (non-hydrogen) atoms. The summed E-state index contributed by atoms with van der Waals surface area (Å²) >= 11 is 0. The minimum absolute atomic E-state index is 0.0180. The minimum atomic E-state index is -1.22. The quantitative estimate of drug-likeness (QED) is 0.535. The van der Waals surface area contributed by atoms with Crippen LogP contribution in [0.4, 0.5) is 0 Å². The molecule has 0 N–H and O–H groups in total. The second-order valence-corrected chi connectivity index (χ2v) is 6.40. The summed E-state index contributed by atoms with van der Waals surface area (Å²) in [6, 6.07) is 4.23. The molecular weight excluding hydrogens is 240 g/mol. The number of nitriles is 2. The molecule has 3 aliphatic carbocycles. The van der Waals surface area contributed by atoms with Gasteiger partial charge in [-0.15, -0.1) is 0 Å². The van der Waals surface area contributed by atoms with Gasteiger partial charge in [-0.25, -0.2) is 0 Å². The largest absolute Gasteiger partial charge is 0.458 e. The van der Waals surface area contributed by atoms with Crippen molar-refractivity contribution in [3.8, 4) is 12.1 Å². The van der Waals surface area contributed by atoms with Gasteiger partial charge in [-0.2, -0.15) is 10.5 Å². The zero-order valence-electron chi connectivity index (χ0n) is 11.5. The van der Waals surface area contributed by atoms with Crippen LogP contribution >= 0.6 is 0 Å². The fraction of sp³-hybridized carbons (Fsp3) is 0.667. The fourth-order valence-electron chi connectivity index (χ4n) is 2.81. The Balaban J connectivity index is 2.33. The summed E-state index contributed by atoms with van der Waals surface area (Å²) in [6.07, 6.45) is 4.96. The molecule has 3 rings (SSSR count). The summed E-state index contributed by atoms with van der Waals surface area (Å²) in [5.41, 5.74) is -1.85. The number of hydrogen-bond acceptors (Lipinski definition) is 4. The van der Waals surface area contributed by atoms with Gasteiger partial charge in [-0.3, -0.25) is 4.79 Å². The SMILES string of the molecule is CC(C)(C)C(=O)OC1C2C=CC(CC2)C1(C#N)C#N. The Kier molecular flexibility index (Phi) is 3.14. The Morgan fingerprint density at radius 3 is 2.32 bits per heavy atom. The van der Waals surface area contributed by atoms with Crippen molar-refractivity contribution < 1.29 is 9.53 Å². The van der Waals surface area contributed by atoms with Crippen LogP contribution in [0.5, 0.6) is 0 Å². The molecule has 3 atom stereocenters. The third-order valence-electron chi connectivity index (χ3n) is 4.04. The first-order valence-electron chi connectivity index (χ1n) is 6.57. The van der Waals surface area contributed by atoms with Crippen molar-refractivity contribution in [2.45, 2.75) is 39.7 Å². The molecule has 100 valence electrons. The van der Waals surface area contributed by atoms with Gasteiger partial charge < -0.3 is 4.74 Å². The number of esters is 1. The van der Waals surface area contributed by atoms with Crippen LogP contribution in [0, 0.1) is 45.3 Å². The monoisotopic (exact) mass is 258 g/mol. The van der Waals surface area contributed by atoms with Crippen LogP contribution in [0.1, 0.15) is 33.6 Å². The Labute approximate surface area is 113 Å². The van der Waals surface area contributed by atoms with Gasteiger partial charge in [-0.1, -0.05) is 12.2 Å². The highest BCUT2D eigenvalue weighted by Gasteiger charge is 2.56. The Bertz CT molecular complexity index is 488. The molecule has 0 aromatic heterocycles. The summed E-state index contributed by atoms with van der Waals surface area (Å²) in [7, 11) is 0. The van der Waals surface area contributed by atoms with Crippen molar-refractivity contribution in [3.63, 3.8) is 0 Å². The highest BCUT2D eigenvalue weighted by molar-refractivity contribution is 5.75. The average molecular weight is 258 g/mol. The van der Waals surface area contributed by atoms with Crippen molar-refractivity contribution in [2.24, 2.45) is 22.7 Å². The number of nitrogens with zero attached hydrogens (tertiary/aromatic N) is 2. The molecule has 2 bridgehead atoms. The Hall–Kier alpha value is -1.81. The lowest BCUT2D eigenvalue weighted by Crippen LogP contribution is -2.52. The van der Waals surface area contributed by atoms with Gasteiger partial charge in [0.1, 0.15) is 6.10 Å². The average Bonchev–Trinajstić information content (AvgIpc) is 2.39. The van der Waals surface area contributed by atoms with Crippen LogP contribution in [0.15, 0.2) is 12.2 Å². The van der Waals surface area contributed by atoms with Crippen LogP contribution in [0.25, 0.3) is 0 Å². The summed E-state index contributed by atoms with van der Waals surface area (Å²) in [4.78, 5) is 12.1. The van der Waals surface area contributed by atoms with E-state index in [-0.39, 0.29) is 17.8 Å². The minimum Gasteiger partial charge on any atom is -0.458 e. The van der Waals surface area contributed by atoms with Gasteiger partial charge in [-0.05, 0) is 33.6 Å².